The second-order valence-electron chi connectivity index (χ2n) is 8.68. The number of hydrogen-bond donors (Lipinski definition) is 0. The first kappa shape index (κ1) is 16.0. The van der Waals surface area contributed by atoms with Gasteiger partial charge in [0.1, 0.15) is 0 Å². The highest BCUT2D eigenvalue weighted by molar-refractivity contribution is 5.78. The molecule has 5 nitrogen and oxygen atoms in total. The van der Waals surface area contributed by atoms with Gasteiger partial charge in [-0.15, -0.1) is 10.2 Å². The van der Waals surface area contributed by atoms with Gasteiger partial charge in [0.05, 0.1) is 5.41 Å². The largest absolute Gasteiger partial charge is 0.455 e. The summed E-state index contributed by atoms with van der Waals surface area (Å²) in [6.45, 7) is 1.82. The van der Waals surface area contributed by atoms with Crippen LogP contribution in [0.25, 0.3) is 0 Å². The molecule has 1 heterocycles. The van der Waals surface area contributed by atoms with Crippen LogP contribution < -0.4 is 0 Å². The van der Waals surface area contributed by atoms with Gasteiger partial charge in [-0.25, -0.2) is 0 Å². The Morgan fingerprint density at radius 3 is 2.54 bits per heavy atom. The van der Waals surface area contributed by atoms with Crippen molar-refractivity contribution in [3.8, 4) is 0 Å². The Kier molecular flexibility index (Phi) is 3.49. The zero-order valence-electron chi connectivity index (χ0n) is 15.1. The number of carbonyl (C=O) groups excluding carboxylic acids is 1. The minimum absolute atomic E-state index is 0.0669. The highest BCUT2D eigenvalue weighted by atomic mass is 16.5. The summed E-state index contributed by atoms with van der Waals surface area (Å²) in [5.41, 5.74) is 1.21. The first-order valence-corrected chi connectivity index (χ1v) is 9.59. The van der Waals surface area contributed by atoms with E-state index in [9.17, 15) is 4.79 Å². The molecule has 4 fully saturated rings. The summed E-state index contributed by atoms with van der Waals surface area (Å²) in [5, 5.41) is 7.73. The lowest BCUT2D eigenvalue weighted by atomic mass is 9.43. The van der Waals surface area contributed by atoms with Crippen LogP contribution in [0.15, 0.2) is 34.7 Å². The van der Waals surface area contributed by atoms with E-state index in [1.165, 1.54) is 24.8 Å². The third kappa shape index (κ3) is 2.48. The van der Waals surface area contributed by atoms with E-state index in [0.29, 0.717) is 23.6 Å². The van der Waals surface area contributed by atoms with Gasteiger partial charge in [0.25, 0.3) is 5.89 Å². The summed E-state index contributed by atoms with van der Waals surface area (Å²) in [4.78, 5) is 13.1. The zero-order valence-corrected chi connectivity index (χ0v) is 15.1. The number of benzene rings is 1. The third-order valence-corrected chi connectivity index (χ3v) is 6.77. The number of nitrogens with zero attached hydrogens (tertiary/aromatic N) is 2. The van der Waals surface area contributed by atoms with E-state index in [-0.39, 0.29) is 23.4 Å². The molecule has 4 aliphatic carbocycles. The summed E-state index contributed by atoms with van der Waals surface area (Å²) in [6, 6.07) is 10.8. The van der Waals surface area contributed by atoms with Crippen LogP contribution in [0.4, 0.5) is 0 Å². The van der Waals surface area contributed by atoms with E-state index in [0.717, 1.165) is 19.3 Å². The first-order valence-electron chi connectivity index (χ1n) is 9.59. The van der Waals surface area contributed by atoms with E-state index in [4.69, 9.17) is 9.15 Å². The molecule has 1 aromatic carbocycles. The highest BCUT2D eigenvalue weighted by Crippen LogP contribution is 2.66. The Balaban J connectivity index is 1.40. The van der Waals surface area contributed by atoms with E-state index in [1.54, 1.807) is 6.92 Å². The molecule has 4 aliphatic rings. The Labute approximate surface area is 153 Å². The predicted octanol–water partition coefficient (Wildman–Crippen LogP) is 3.96. The second kappa shape index (κ2) is 5.66. The Hall–Kier alpha value is -2.17. The standard InChI is InChI=1S/C21H24N2O3/c1-14-22-23-18(26-14)12-25-19(24)21-10-15-7-16(11-21)9-20(8-15,13-21)17-5-3-2-4-6-17/h2-6,15-16H,7-13H2,1H3/t15-,16+,20?,21?. The smallest absolute Gasteiger partial charge is 0.312 e. The van der Waals surface area contributed by atoms with Crippen LogP contribution in [0.2, 0.25) is 0 Å². The van der Waals surface area contributed by atoms with E-state index in [2.05, 4.69) is 40.5 Å². The van der Waals surface area contributed by atoms with Crippen molar-refractivity contribution in [1.82, 2.24) is 10.2 Å². The van der Waals surface area contributed by atoms with Crippen molar-refractivity contribution < 1.29 is 13.9 Å². The fourth-order valence-corrected chi connectivity index (χ4v) is 6.31. The van der Waals surface area contributed by atoms with Gasteiger partial charge in [-0.1, -0.05) is 30.3 Å². The first-order chi connectivity index (χ1) is 12.6. The van der Waals surface area contributed by atoms with Crippen molar-refractivity contribution in [2.75, 3.05) is 0 Å². The SMILES string of the molecule is Cc1nnc(COC(=O)C23C[C@H]4C[C@@H](C2)CC(c2ccccc2)(C4)C3)o1. The number of ether oxygens (including phenoxy) is 1. The molecule has 0 N–H and O–H groups in total. The maximum Gasteiger partial charge on any atom is 0.312 e. The predicted molar refractivity (Wildman–Crippen MR) is 94.1 cm³/mol. The minimum atomic E-state index is -0.338. The summed E-state index contributed by atoms with van der Waals surface area (Å²) in [7, 11) is 0. The van der Waals surface area contributed by atoms with Crippen LogP contribution in [-0.4, -0.2) is 16.2 Å². The van der Waals surface area contributed by atoms with E-state index < -0.39 is 0 Å². The Bertz CT molecular complexity index is 815. The molecule has 0 aliphatic heterocycles. The van der Waals surface area contributed by atoms with Gasteiger partial charge in [0.2, 0.25) is 5.89 Å². The van der Waals surface area contributed by atoms with Crippen LogP contribution in [0, 0.1) is 24.2 Å². The van der Waals surface area contributed by atoms with Crippen molar-refractivity contribution in [2.45, 2.75) is 57.5 Å². The summed E-state index contributed by atoms with van der Waals surface area (Å²) in [6.07, 6.45) is 6.56. The Morgan fingerprint density at radius 2 is 1.88 bits per heavy atom. The molecule has 5 heteroatoms. The van der Waals surface area contributed by atoms with Gasteiger partial charge >= 0.3 is 5.97 Å². The number of aryl methyl sites for hydroxylation is 1. The highest BCUT2D eigenvalue weighted by Gasteiger charge is 2.61. The summed E-state index contributed by atoms with van der Waals surface area (Å²) < 4.78 is 11.0. The fraction of sp³-hybridized carbons (Fsp3) is 0.571. The fourth-order valence-electron chi connectivity index (χ4n) is 6.31. The average molecular weight is 352 g/mol. The van der Waals surface area contributed by atoms with Gasteiger partial charge in [-0.05, 0) is 61.3 Å². The van der Waals surface area contributed by atoms with Gasteiger partial charge in [-0.3, -0.25) is 4.79 Å². The van der Waals surface area contributed by atoms with Crippen LogP contribution >= 0.6 is 0 Å². The normalized spacial score (nSPS) is 34.8. The van der Waals surface area contributed by atoms with E-state index in [1.807, 2.05) is 0 Å². The molecule has 0 saturated heterocycles. The number of rotatable bonds is 4. The van der Waals surface area contributed by atoms with Crippen molar-refractivity contribution in [3.63, 3.8) is 0 Å². The lowest BCUT2D eigenvalue weighted by molar-refractivity contribution is -0.176. The summed E-state index contributed by atoms with van der Waals surface area (Å²) >= 11 is 0. The van der Waals surface area contributed by atoms with E-state index >= 15 is 0 Å². The molecule has 0 spiro atoms. The quantitative estimate of drug-likeness (QED) is 0.779. The monoisotopic (exact) mass is 352 g/mol. The molecule has 4 atom stereocenters. The van der Waals surface area contributed by atoms with Crippen LogP contribution in [0.3, 0.4) is 0 Å². The molecule has 1 aromatic heterocycles. The lowest BCUT2D eigenvalue weighted by Gasteiger charge is -2.61. The molecule has 4 bridgehead atoms. The molecular formula is C21H24N2O3. The maximum atomic E-state index is 13.1. The number of esters is 1. The molecule has 26 heavy (non-hydrogen) atoms. The van der Waals surface area contributed by atoms with Crippen LogP contribution in [-0.2, 0) is 21.6 Å². The molecule has 2 unspecified atom stereocenters. The zero-order chi connectivity index (χ0) is 17.8. The van der Waals surface area contributed by atoms with Crippen LogP contribution in [0.1, 0.15) is 55.9 Å². The number of hydrogen-bond acceptors (Lipinski definition) is 5. The van der Waals surface area contributed by atoms with Gasteiger partial charge < -0.3 is 9.15 Å². The number of aromatic nitrogens is 2. The summed E-state index contributed by atoms with van der Waals surface area (Å²) in [5.74, 6) is 2.07. The topological polar surface area (TPSA) is 65.2 Å². The van der Waals surface area contributed by atoms with Gasteiger partial charge in [0.15, 0.2) is 6.61 Å². The van der Waals surface area contributed by atoms with Gasteiger partial charge in [0, 0.05) is 6.92 Å². The number of carbonyl (C=O) groups is 1. The average Bonchev–Trinajstić information content (AvgIpc) is 3.05. The van der Waals surface area contributed by atoms with Crippen molar-refractivity contribution in [2.24, 2.45) is 17.3 Å². The third-order valence-electron chi connectivity index (χ3n) is 6.77. The second-order valence-corrected chi connectivity index (χ2v) is 8.68. The van der Waals surface area contributed by atoms with Crippen molar-refractivity contribution >= 4 is 5.97 Å². The maximum absolute atomic E-state index is 13.1. The molecule has 0 amide bonds. The van der Waals surface area contributed by atoms with Gasteiger partial charge in [-0.2, -0.15) is 0 Å². The minimum Gasteiger partial charge on any atom is -0.455 e. The molecule has 0 radical (unpaired) electrons. The van der Waals surface area contributed by atoms with Crippen LogP contribution in [0.5, 0.6) is 0 Å². The van der Waals surface area contributed by atoms with Crippen molar-refractivity contribution in [1.29, 1.82) is 0 Å². The molecule has 4 saturated carbocycles. The lowest BCUT2D eigenvalue weighted by Crippen LogP contribution is -2.57. The molecule has 2 aromatic rings. The molecular weight excluding hydrogens is 328 g/mol. The van der Waals surface area contributed by atoms with Crippen molar-refractivity contribution in [3.05, 3.63) is 47.7 Å². The molecule has 6 rings (SSSR count). The Morgan fingerprint density at radius 1 is 1.15 bits per heavy atom. The molecule has 136 valence electrons.